The van der Waals surface area contributed by atoms with Crippen LogP contribution in [-0.2, 0) is 21.1 Å². The van der Waals surface area contributed by atoms with Gasteiger partial charge in [-0.3, -0.25) is 4.79 Å². The van der Waals surface area contributed by atoms with E-state index in [1.807, 2.05) is 0 Å². The second-order valence-electron chi connectivity index (χ2n) is 6.03. The van der Waals surface area contributed by atoms with E-state index in [0.717, 1.165) is 6.42 Å². The van der Waals surface area contributed by atoms with E-state index in [-0.39, 0.29) is 29.0 Å². The summed E-state index contributed by atoms with van der Waals surface area (Å²) in [6.07, 6.45) is 2.65. The molecule has 0 heterocycles. The van der Waals surface area contributed by atoms with E-state index in [0.29, 0.717) is 30.4 Å². The van der Waals surface area contributed by atoms with Crippen LogP contribution in [0.4, 0.5) is 4.39 Å². The molecule has 1 aromatic carbocycles. The molecule has 0 bridgehead atoms. The highest BCUT2D eigenvalue weighted by Crippen LogP contribution is 2.12. The van der Waals surface area contributed by atoms with Crippen molar-refractivity contribution in [3.63, 3.8) is 0 Å². The zero-order valence-electron chi connectivity index (χ0n) is 13.6. The van der Waals surface area contributed by atoms with E-state index in [2.05, 4.69) is 0 Å². The Morgan fingerprint density at radius 3 is 2.45 bits per heavy atom. The lowest BCUT2D eigenvalue weighted by molar-refractivity contribution is -0.118. The van der Waals surface area contributed by atoms with Crippen molar-refractivity contribution >= 4 is 15.6 Å². The van der Waals surface area contributed by atoms with Crippen LogP contribution in [0.5, 0.6) is 0 Å². The van der Waals surface area contributed by atoms with Crippen LogP contribution in [0.3, 0.4) is 0 Å². The summed E-state index contributed by atoms with van der Waals surface area (Å²) in [5.41, 5.74) is 1.26. The molecule has 0 aliphatic rings. The van der Waals surface area contributed by atoms with Gasteiger partial charge in [0.1, 0.15) is 11.6 Å². The molecule has 0 aromatic heterocycles. The number of benzene rings is 1. The minimum Gasteiger partial charge on any atom is -0.299 e. The second kappa shape index (κ2) is 8.42. The second-order valence-corrected chi connectivity index (χ2v) is 8.70. The number of rotatable bonds is 9. The molecule has 5 heteroatoms. The minimum atomic E-state index is -2.98. The number of sulfone groups is 1. The first-order valence-corrected chi connectivity index (χ1v) is 9.42. The average molecular weight is 328 g/mol. The van der Waals surface area contributed by atoms with E-state index in [4.69, 9.17) is 0 Å². The number of aryl methyl sites for hydroxylation is 1. The van der Waals surface area contributed by atoms with Crippen LogP contribution in [0, 0.1) is 12.7 Å². The van der Waals surface area contributed by atoms with Crippen molar-refractivity contribution in [3.05, 3.63) is 35.1 Å². The van der Waals surface area contributed by atoms with E-state index in [1.54, 1.807) is 32.9 Å². The van der Waals surface area contributed by atoms with Crippen molar-refractivity contribution in [2.24, 2.45) is 0 Å². The first-order valence-electron chi connectivity index (χ1n) is 7.70. The third-order valence-electron chi connectivity index (χ3n) is 3.74. The summed E-state index contributed by atoms with van der Waals surface area (Å²) in [6.45, 7) is 5.05. The molecule has 22 heavy (non-hydrogen) atoms. The molecule has 124 valence electrons. The van der Waals surface area contributed by atoms with Crippen LogP contribution in [0.1, 0.15) is 50.7 Å². The summed E-state index contributed by atoms with van der Waals surface area (Å²) in [5.74, 6) is -0.0404. The lowest BCUT2D eigenvalue weighted by atomic mass is 10.0. The zero-order valence-corrected chi connectivity index (χ0v) is 14.4. The van der Waals surface area contributed by atoms with Crippen LogP contribution in [0.25, 0.3) is 0 Å². The fourth-order valence-corrected chi connectivity index (χ4v) is 3.18. The maximum atomic E-state index is 13.4. The highest BCUT2D eigenvalue weighted by Gasteiger charge is 2.15. The standard InChI is InChI=1S/C17H25FO3S/c1-13(2)22(20,21)10-6-4-5-7-16(19)11-15-9-8-14(3)17(18)12-15/h8-9,12-13H,4-7,10-11H2,1-3H3. The molecule has 0 saturated carbocycles. The molecule has 1 rings (SSSR count). The molecule has 0 radical (unpaired) electrons. The van der Waals surface area contributed by atoms with Crippen LogP contribution >= 0.6 is 0 Å². The topological polar surface area (TPSA) is 51.2 Å². The fraction of sp³-hybridized carbons (Fsp3) is 0.588. The van der Waals surface area contributed by atoms with E-state index >= 15 is 0 Å². The van der Waals surface area contributed by atoms with Crippen molar-refractivity contribution < 1.29 is 17.6 Å². The molecular weight excluding hydrogens is 303 g/mol. The first kappa shape index (κ1) is 18.8. The van der Waals surface area contributed by atoms with E-state index in [9.17, 15) is 17.6 Å². The van der Waals surface area contributed by atoms with Gasteiger partial charge in [-0.25, -0.2) is 12.8 Å². The summed E-state index contributed by atoms with van der Waals surface area (Å²) in [7, 11) is -2.98. The van der Waals surface area contributed by atoms with Crippen LogP contribution in [0.2, 0.25) is 0 Å². The fourth-order valence-electron chi connectivity index (χ4n) is 2.10. The van der Waals surface area contributed by atoms with E-state index in [1.165, 1.54) is 6.07 Å². The van der Waals surface area contributed by atoms with Crippen LogP contribution in [0.15, 0.2) is 18.2 Å². The molecule has 3 nitrogen and oxygen atoms in total. The third-order valence-corrected chi connectivity index (χ3v) is 6.03. The number of hydrogen-bond acceptors (Lipinski definition) is 3. The molecule has 0 aliphatic carbocycles. The van der Waals surface area contributed by atoms with Gasteiger partial charge in [-0.05, 0) is 50.8 Å². The predicted molar refractivity (Wildman–Crippen MR) is 87.2 cm³/mol. The largest absolute Gasteiger partial charge is 0.299 e. The first-order chi connectivity index (χ1) is 10.2. The lowest BCUT2D eigenvalue weighted by Crippen LogP contribution is -2.17. The van der Waals surface area contributed by atoms with Gasteiger partial charge in [-0.2, -0.15) is 0 Å². The zero-order chi connectivity index (χ0) is 16.8. The summed E-state index contributed by atoms with van der Waals surface area (Å²) >= 11 is 0. The van der Waals surface area contributed by atoms with Gasteiger partial charge in [0.15, 0.2) is 9.84 Å². The Morgan fingerprint density at radius 2 is 1.86 bits per heavy atom. The highest BCUT2D eigenvalue weighted by molar-refractivity contribution is 7.91. The number of Topliss-reactive ketones (excluding diaryl/α,β-unsaturated/α-hetero) is 1. The molecule has 0 fully saturated rings. The quantitative estimate of drug-likeness (QED) is 0.650. The molecule has 0 N–H and O–H groups in total. The molecule has 0 saturated heterocycles. The summed E-state index contributed by atoms with van der Waals surface area (Å²) in [5, 5.41) is -0.342. The molecule has 1 aromatic rings. The normalized spacial score (nSPS) is 11.9. The highest BCUT2D eigenvalue weighted by atomic mass is 32.2. The third kappa shape index (κ3) is 6.26. The van der Waals surface area contributed by atoms with E-state index < -0.39 is 9.84 Å². The Kier molecular flexibility index (Phi) is 7.20. The van der Waals surface area contributed by atoms with Crippen molar-refractivity contribution in [1.29, 1.82) is 0 Å². The number of halogens is 1. The Morgan fingerprint density at radius 1 is 1.18 bits per heavy atom. The molecule has 0 atom stereocenters. The molecule has 0 aliphatic heterocycles. The number of unbranched alkanes of at least 4 members (excludes halogenated alkanes) is 2. The maximum absolute atomic E-state index is 13.4. The maximum Gasteiger partial charge on any atom is 0.152 e. The average Bonchev–Trinajstić information content (AvgIpc) is 2.42. The molecule has 0 unspecified atom stereocenters. The van der Waals surface area contributed by atoms with Gasteiger partial charge in [0.2, 0.25) is 0 Å². The van der Waals surface area contributed by atoms with Crippen LogP contribution in [-0.4, -0.2) is 25.2 Å². The Hall–Kier alpha value is -1.23. The smallest absolute Gasteiger partial charge is 0.152 e. The van der Waals surface area contributed by atoms with Crippen molar-refractivity contribution in [1.82, 2.24) is 0 Å². The van der Waals surface area contributed by atoms with Crippen molar-refractivity contribution in [2.45, 2.75) is 58.1 Å². The predicted octanol–water partition coefficient (Wildman–Crippen LogP) is 3.63. The summed E-state index contributed by atoms with van der Waals surface area (Å²) < 4.78 is 36.6. The van der Waals surface area contributed by atoms with Gasteiger partial charge >= 0.3 is 0 Å². The van der Waals surface area contributed by atoms with Gasteiger partial charge < -0.3 is 0 Å². The van der Waals surface area contributed by atoms with Gasteiger partial charge in [0, 0.05) is 12.8 Å². The summed E-state index contributed by atoms with van der Waals surface area (Å²) in [6, 6.07) is 4.85. The molecular formula is C17H25FO3S. The Balaban J connectivity index is 2.28. The summed E-state index contributed by atoms with van der Waals surface area (Å²) in [4.78, 5) is 11.8. The van der Waals surface area contributed by atoms with Gasteiger partial charge in [-0.15, -0.1) is 0 Å². The SMILES string of the molecule is Cc1ccc(CC(=O)CCCCCS(=O)(=O)C(C)C)cc1F. The van der Waals surface area contributed by atoms with Crippen LogP contribution < -0.4 is 0 Å². The Bertz CT molecular complexity index is 606. The van der Waals surface area contributed by atoms with Gasteiger partial charge in [-0.1, -0.05) is 18.6 Å². The molecule has 0 amide bonds. The van der Waals surface area contributed by atoms with Crippen molar-refractivity contribution in [2.75, 3.05) is 5.75 Å². The Labute approximate surface area is 132 Å². The number of carbonyl (C=O) groups excluding carboxylic acids is 1. The van der Waals surface area contributed by atoms with Gasteiger partial charge in [0.05, 0.1) is 11.0 Å². The number of ketones is 1. The van der Waals surface area contributed by atoms with Crippen molar-refractivity contribution in [3.8, 4) is 0 Å². The lowest BCUT2D eigenvalue weighted by Gasteiger charge is -2.07. The molecule has 0 spiro atoms. The minimum absolute atomic E-state index is 0.0648. The number of carbonyl (C=O) groups is 1. The monoisotopic (exact) mass is 328 g/mol. The van der Waals surface area contributed by atoms with Gasteiger partial charge in [0.25, 0.3) is 0 Å². The number of hydrogen-bond donors (Lipinski definition) is 0.